The fourth-order valence-electron chi connectivity index (χ4n) is 16.1. The lowest BCUT2D eigenvalue weighted by Crippen LogP contribution is -2.17. The molecule has 0 aliphatic carbocycles. The van der Waals surface area contributed by atoms with E-state index >= 15 is 0 Å². The Labute approximate surface area is 608 Å². The van der Waals surface area contributed by atoms with Crippen LogP contribution in [-0.2, 0) is 21.7 Å². The summed E-state index contributed by atoms with van der Waals surface area (Å²) >= 11 is 0. The van der Waals surface area contributed by atoms with E-state index in [4.69, 9.17) is 8.83 Å². The van der Waals surface area contributed by atoms with E-state index in [1.54, 1.807) is 0 Å². The van der Waals surface area contributed by atoms with Crippen molar-refractivity contribution in [3.8, 4) is 33.6 Å². The van der Waals surface area contributed by atoms with Gasteiger partial charge in [-0.25, -0.2) is 0 Å². The first kappa shape index (κ1) is 64.3. The normalized spacial score (nSPS) is 12.6. The predicted molar refractivity (Wildman–Crippen MR) is 442 cm³/mol. The van der Waals surface area contributed by atoms with Crippen LogP contribution in [0.1, 0.15) is 105 Å². The standard InChI is InChI=1S/C98H84N4O2/c1-95(2,3)63-51-64(96(4,5)6)54-71(53-63)101-83-43-27-25-39-73(83)75-41-29-45-85(91(75)101)99(67-35-21-15-22-36-67)69-47-49-87-81(57-69)89-79-59-78(62-33-19-14-20-34-62)94-90(80(79)60-77(93(89)103-87)61-31-17-13-18-32-61)82-58-70(48-50-88(82)104-94)100(68-37-23-16-24-38-68)86-46-30-42-76-74-40-26-28-44-84(74)102(92(76)86)72-55-65(97(7,8)9)52-66(56-72)98(10,11)12/h13-60H,1-12H3. The van der Waals surface area contributed by atoms with E-state index in [2.05, 4.69) is 393 Å². The highest BCUT2D eigenvalue weighted by molar-refractivity contribution is 6.32. The molecular formula is C98H84N4O2. The monoisotopic (exact) mass is 1350 g/mol. The first-order chi connectivity index (χ1) is 50.1. The fourth-order valence-corrected chi connectivity index (χ4v) is 16.1. The van der Waals surface area contributed by atoms with Crippen LogP contribution < -0.4 is 9.80 Å². The SMILES string of the molecule is CC(C)(C)c1cc(-n2c3ccccc3c3cccc(N(c4ccccc4)c4ccc5oc6c(-c7ccccc7)cc7c(cc(-c8ccccc8)c8oc9ccc(N(c%10ccccc%10)c%10cccc%11c%12ccccc%12n(-c%12cc(C(C)(C)C)cc(C(C)(C)C)c%12)c%10%11)cc9c87)c6c5c4)c32)cc(C(C)(C)C)c1. The lowest BCUT2D eigenvalue weighted by molar-refractivity contribution is 0.567. The van der Waals surface area contributed by atoms with Crippen LogP contribution in [0.25, 0.3) is 132 Å². The number of furan rings is 2. The van der Waals surface area contributed by atoms with E-state index in [1.807, 2.05) is 0 Å². The maximum absolute atomic E-state index is 7.42. The molecule has 104 heavy (non-hydrogen) atoms. The van der Waals surface area contributed by atoms with E-state index < -0.39 is 0 Å². The zero-order valence-electron chi connectivity index (χ0n) is 61.3. The van der Waals surface area contributed by atoms with Crippen LogP contribution in [0.5, 0.6) is 0 Å². The Bertz CT molecular complexity index is 5980. The summed E-state index contributed by atoms with van der Waals surface area (Å²) in [6, 6.07) is 108. The third-order valence-electron chi connectivity index (χ3n) is 21.6. The van der Waals surface area contributed by atoms with Gasteiger partial charge in [0.15, 0.2) is 0 Å². The maximum Gasteiger partial charge on any atom is 0.143 e. The quantitative estimate of drug-likeness (QED) is 0.137. The Morgan fingerprint density at radius 3 is 0.942 bits per heavy atom. The molecule has 0 unspecified atom stereocenters. The molecule has 0 spiro atoms. The van der Waals surface area contributed by atoms with Crippen LogP contribution in [0.15, 0.2) is 300 Å². The molecule has 0 bridgehead atoms. The minimum absolute atomic E-state index is 0.0939. The lowest BCUT2D eigenvalue weighted by Gasteiger charge is -2.29. The number of nitrogens with zero attached hydrogens (tertiary/aromatic N) is 4. The van der Waals surface area contributed by atoms with Gasteiger partial charge in [-0.15, -0.1) is 0 Å². The van der Waals surface area contributed by atoms with Crippen molar-refractivity contribution in [3.63, 3.8) is 0 Å². The van der Waals surface area contributed by atoms with Crippen LogP contribution in [0, 0.1) is 0 Å². The second-order valence-electron chi connectivity index (χ2n) is 32.6. The second-order valence-corrected chi connectivity index (χ2v) is 32.6. The van der Waals surface area contributed by atoms with Gasteiger partial charge in [0.25, 0.3) is 0 Å². The van der Waals surface area contributed by atoms with Gasteiger partial charge in [0.2, 0.25) is 0 Å². The van der Waals surface area contributed by atoms with Gasteiger partial charge < -0.3 is 27.8 Å². The summed E-state index contributed by atoms with van der Waals surface area (Å²) in [5, 5.41) is 11.0. The third-order valence-corrected chi connectivity index (χ3v) is 21.6. The number of para-hydroxylation sites is 6. The molecule has 0 amide bonds. The number of hydrogen-bond donors (Lipinski definition) is 0. The van der Waals surface area contributed by atoms with Crippen LogP contribution in [0.2, 0.25) is 0 Å². The van der Waals surface area contributed by atoms with Gasteiger partial charge >= 0.3 is 0 Å². The summed E-state index contributed by atoms with van der Waals surface area (Å²) in [6.45, 7) is 27.9. The minimum atomic E-state index is -0.0939. The van der Waals surface area contributed by atoms with Gasteiger partial charge in [-0.1, -0.05) is 253 Å². The van der Waals surface area contributed by atoms with Gasteiger partial charge in [-0.3, -0.25) is 0 Å². The zero-order chi connectivity index (χ0) is 71.3. The molecule has 18 rings (SSSR count). The largest absolute Gasteiger partial charge is 0.455 e. The number of benzene rings is 14. The minimum Gasteiger partial charge on any atom is -0.455 e. The highest BCUT2D eigenvalue weighted by Gasteiger charge is 2.31. The molecule has 18 aromatic rings. The zero-order valence-corrected chi connectivity index (χ0v) is 61.3. The molecule has 0 saturated heterocycles. The highest BCUT2D eigenvalue weighted by atomic mass is 16.3. The molecule has 14 aromatic carbocycles. The number of hydrogen-bond acceptors (Lipinski definition) is 4. The van der Waals surface area contributed by atoms with Crippen molar-refractivity contribution in [3.05, 3.63) is 313 Å². The molecular weight excluding hydrogens is 1270 g/mol. The molecule has 0 N–H and O–H groups in total. The molecule has 4 aromatic heterocycles. The summed E-state index contributed by atoms with van der Waals surface area (Å²) in [5.41, 5.74) is 25.3. The molecule has 0 fully saturated rings. The Kier molecular flexibility index (Phi) is 14.7. The topological polar surface area (TPSA) is 42.6 Å². The van der Waals surface area contributed by atoms with Crippen LogP contribution in [0.4, 0.5) is 34.1 Å². The number of fused-ring (bicyclic) bond motifs is 15. The van der Waals surface area contributed by atoms with E-state index in [-0.39, 0.29) is 21.7 Å². The summed E-state index contributed by atoms with van der Waals surface area (Å²) in [4.78, 5) is 4.92. The fraction of sp³-hybridized carbons (Fsp3) is 0.163. The van der Waals surface area contributed by atoms with Crippen molar-refractivity contribution in [2.45, 2.75) is 105 Å². The Morgan fingerprint density at radius 2 is 0.587 bits per heavy atom. The highest BCUT2D eigenvalue weighted by Crippen LogP contribution is 2.53. The van der Waals surface area contributed by atoms with Gasteiger partial charge in [-0.2, -0.15) is 0 Å². The molecule has 6 nitrogen and oxygen atoms in total. The van der Waals surface area contributed by atoms with Gasteiger partial charge in [-0.05, 0) is 187 Å². The summed E-state index contributed by atoms with van der Waals surface area (Å²) in [6.07, 6.45) is 0. The van der Waals surface area contributed by atoms with E-state index in [9.17, 15) is 0 Å². The Hall–Kier alpha value is -11.9. The third kappa shape index (κ3) is 10.6. The average Bonchev–Trinajstić information content (AvgIpc) is 1.53. The molecule has 6 heteroatoms. The predicted octanol–water partition coefficient (Wildman–Crippen LogP) is 28.3. The molecule has 0 aliphatic rings. The summed E-state index contributed by atoms with van der Waals surface area (Å²) in [7, 11) is 0. The van der Waals surface area contributed by atoms with Crippen LogP contribution >= 0.6 is 0 Å². The first-order valence-electron chi connectivity index (χ1n) is 36.6. The molecule has 0 aliphatic heterocycles. The number of anilines is 6. The Balaban J connectivity index is 0.917. The number of aromatic nitrogens is 2. The molecule has 4 heterocycles. The molecule has 0 atom stereocenters. The lowest BCUT2D eigenvalue weighted by atomic mass is 9.80. The smallest absolute Gasteiger partial charge is 0.143 e. The number of rotatable bonds is 10. The molecule has 0 radical (unpaired) electrons. The Morgan fingerprint density at radius 1 is 0.260 bits per heavy atom. The van der Waals surface area contributed by atoms with Crippen molar-refractivity contribution in [2.24, 2.45) is 0 Å². The summed E-state index contributed by atoms with van der Waals surface area (Å²) < 4.78 is 19.9. The van der Waals surface area contributed by atoms with Crippen molar-refractivity contribution >= 4 is 132 Å². The summed E-state index contributed by atoms with van der Waals surface area (Å²) in [5.74, 6) is 0. The van der Waals surface area contributed by atoms with E-state index in [0.29, 0.717) is 0 Å². The van der Waals surface area contributed by atoms with E-state index in [1.165, 1.54) is 43.8 Å². The van der Waals surface area contributed by atoms with Gasteiger partial charge in [0, 0.05) is 88.3 Å². The van der Waals surface area contributed by atoms with E-state index in [0.717, 1.165) is 144 Å². The van der Waals surface area contributed by atoms with Gasteiger partial charge in [0.05, 0.1) is 33.4 Å². The van der Waals surface area contributed by atoms with Crippen molar-refractivity contribution in [1.82, 2.24) is 9.13 Å². The van der Waals surface area contributed by atoms with Crippen LogP contribution in [0.3, 0.4) is 0 Å². The second kappa shape index (κ2) is 23.9. The average molecular weight is 1350 g/mol. The van der Waals surface area contributed by atoms with Crippen LogP contribution in [-0.4, -0.2) is 9.13 Å². The maximum atomic E-state index is 7.42. The molecule has 508 valence electrons. The van der Waals surface area contributed by atoms with Crippen molar-refractivity contribution < 1.29 is 8.83 Å². The van der Waals surface area contributed by atoms with Gasteiger partial charge in [0.1, 0.15) is 22.3 Å². The van der Waals surface area contributed by atoms with Crippen molar-refractivity contribution in [2.75, 3.05) is 9.80 Å². The first-order valence-corrected chi connectivity index (χ1v) is 36.6. The van der Waals surface area contributed by atoms with Crippen molar-refractivity contribution in [1.29, 1.82) is 0 Å². The molecule has 0 saturated carbocycles.